The lowest BCUT2D eigenvalue weighted by Gasteiger charge is -2.21. The third-order valence-electron chi connectivity index (χ3n) is 4.12. The molecular weight excluding hydrogens is 244 g/mol. The van der Waals surface area contributed by atoms with E-state index < -0.39 is 0 Å². The van der Waals surface area contributed by atoms with Gasteiger partial charge in [-0.05, 0) is 42.9 Å². The van der Waals surface area contributed by atoms with Crippen molar-refractivity contribution in [3.05, 3.63) is 34.9 Å². The fraction of sp³-hybridized carbons (Fsp3) is 0.625. The number of alkyl halides is 1. The van der Waals surface area contributed by atoms with Gasteiger partial charge < -0.3 is 4.74 Å². The Labute approximate surface area is 115 Å². The molecule has 1 saturated heterocycles. The van der Waals surface area contributed by atoms with Gasteiger partial charge in [0.2, 0.25) is 0 Å². The zero-order chi connectivity index (χ0) is 13.1. The van der Waals surface area contributed by atoms with Crippen molar-refractivity contribution in [2.24, 2.45) is 5.92 Å². The van der Waals surface area contributed by atoms with Gasteiger partial charge in [0.25, 0.3) is 0 Å². The minimum atomic E-state index is 0.0821. The molecule has 0 saturated carbocycles. The maximum Gasteiger partial charge on any atom is 0.0639 e. The highest BCUT2D eigenvalue weighted by atomic mass is 35.5. The molecule has 1 nitrogen and oxygen atoms in total. The predicted octanol–water partition coefficient (Wildman–Crippen LogP) is 4.52. The quantitative estimate of drug-likeness (QED) is 0.729. The molecule has 0 N–H and O–H groups in total. The molecule has 3 unspecified atom stereocenters. The van der Waals surface area contributed by atoms with Crippen LogP contribution in [0, 0.1) is 5.92 Å². The summed E-state index contributed by atoms with van der Waals surface area (Å²) in [6.07, 6.45) is 3.53. The van der Waals surface area contributed by atoms with Gasteiger partial charge >= 0.3 is 0 Å². The van der Waals surface area contributed by atoms with Crippen LogP contribution in [0.1, 0.15) is 49.3 Å². The van der Waals surface area contributed by atoms with Gasteiger partial charge in [-0.1, -0.05) is 32.0 Å². The van der Waals surface area contributed by atoms with Gasteiger partial charge in [-0.15, -0.1) is 11.6 Å². The summed E-state index contributed by atoms with van der Waals surface area (Å²) in [4.78, 5) is 0. The van der Waals surface area contributed by atoms with E-state index in [1.54, 1.807) is 0 Å². The van der Waals surface area contributed by atoms with E-state index in [9.17, 15) is 0 Å². The lowest BCUT2D eigenvalue weighted by atomic mass is 9.90. The first-order valence-electron chi connectivity index (χ1n) is 7.04. The number of hydrogen-bond acceptors (Lipinski definition) is 1. The van der Waals surface area contributed by atoms with E-state index in [-0.39, 0.29) is 11.5 Å². The van der Waals surface area contributed by atoms with Gasteiger partial charge in [-0.25, -0.2) is 0 Å². The molecule has 18 heavy (non-hydrogen) atoms. The third-order valence-corrected chi connectivity index (χ3v) is 4.70. The first kappa shape index (κ1) is 13.9. The third kappa shape index (κ3) is 2.73. The van der Waals surface area contributed by atoms with E-state index in [0.717, 1.165) is 25.9 Å². The lowest BCUT2D eigenvalue weighted by Crippen LogP contribution is -2.16. The molecule has 2 rings (SSSR count). The maximum atomic E-state index is 6.65. The molecule has 3 atom stereocenters. The molecular formula is C16H23ClO. The topological polar surface area (TPSA) is 9.23 Å². The van der Waals surface area contributed by atoms with E-state index in [4.69, 9.17) is 16.3 Å². The molecule has 100 valence electrons. The van der Waals surface area contributed by atoms with Crippen LogP contribution in [0.2, 0.25) is 0 Å². The van der Waals surface area contributed by atoms with Crippen molar-refractivity contribution in [2.75, 3.05) is 6.61 Å². The average molecular weight is 267 g/mol. The average Bonchev–Trinajstić information content (AvgIpc) is 2.83. The van der Waals surface area contributed by atoms with Crippen LogP contribution >= 0.6 is 11.6 Å². The summed E-state index contributed by atoms with van der Waals surface area (Å²) >= 11 is 6.65. The number of halogens is 1. The van der Waals surface area contributed by atoms with Gasteiger partial charge in [0, 0.05) is 12.5 Å². The Morgan fingerprint density at radius 2 is 2.00 bits per heavy atom. The van der Waals surface area contributed by atoms with E-state index in [1.807, 2.05) is 0 Å². The summed E-state index contributed by atoms with van der Waals surface area (Å²) in [6, 6.07) is 6.73. The highest BCUT2D eigenvalue weighted by Gasteiger charge is 2.31. The second-order valence-electron chi connectivity index (χ2n) is 5.17. The summed E-state index contributed by atoms with van der Waals surface area (Å²) in [5, 5.41) is 0.0821. The molecule has 1 aliphatic rings. The Hall–Kier alpha value is -0.530. The number of benzene rings is 1. The molecule has 1 heterocycles. The molecule has 0 radical (unpaired) electrons. The molecule has 1 aromatic carbocycles. The molecule has 1 aliphatic heterocycles. The first-order valence-corrected chi connectivity index (χ1v) is 7.48. The van der Waals surface area contributed by atoms with Crippen molar-refractivity contribution in [3.63, 3.8) is 0 Å². The van der Waals surface area contributed by atoms with Crippen molar-refractivity contribution in [2.45, 2.75) is 51.5 Å². The Morgan fingerprint density at radius 1 is 1.28 bits per heavy atom. The highest BCUT2D eigenvalue weighted by molar-refractivity contribution is 6.21. The summed E-state index contributed by atoms with van der Waals surface area (Å²) in [6.45, 7) is 7.40. The summed E-state index contributed by atoms with van der Waals surface area (Å²) in [7, 11) is 0. The second kappa shape index (κ2) is 6.08. The zero-order valence-electron chi connectivity index (χ0n) is 11.6. The number of rotatable bonds is 4. The summed E-state index contributed by atoms with van der Waals surface area (Å²) < 4.78 is 5.63. The standard InChI is InChI=1S/C16H23ClO/c1-4-12-6-7-14(10-13(12)5-2)16(17)15-8-9-18-11(15)3/h6-7,10-11,15-16H,4-5,8-9H2,1-3H3. The number of aryl methyl sites for hydroxylation is 2. The zero-order valence-corrected chi connectivity index (χ0v) is 12.3. The molecule has 1 aromatic rings. The minimum Gasteiger partial charge on any atom is -0.378 e. The van der Waals surface area contributed by atoms with E-state index in [1.165, 1.54) is 16.7 Å². The van der Waals surface area contributed by atoms with Crippen LogP contribution in [0.3, 0.4) is 0 Å². The number of ether oxygens (including phenoxy) is 1. The van der Waals surface area contributed by atoms with E-state index in [0.29, 0.717) is 5.92 Å². The SMILES string of the molecule is CCc1ccc(C(Cl)C2CCOC2C)cc1CC. The van der Waals surface area contributed by atoms with Crippen molar-refractivity contribution >= 4 is 11.6 Å². The van der Waals surface area contributed by atoms with Gasteiger partial charge in [-0.2, -0.15) is 0 Å². The van der Waals surface area contributed by atoms with E-state index in [2.05, 4.69) is 39.0 Å². The van der Waals surface area contributed by atoms with Crippen LogP contribution in [-0.4, -0.2) is 12.7 Å². The predicted molar refractivity (Wildman–Crippen MR) is 77.3 cm³/mol. The second-order valence-corrected chi connectivity index (χ2v) is 5.64. The van der Waals surface area contributed by atoms with Crippen LogP contribution in [0.25, 0.3) is 0 Å². The Balaban J connectivity index is 2.22. The molecule has 2 heteroatoms. The number of hydrogen-bond donors (Lipinski definition) is 0. The van der Waals surface area contributed by atoms with Gasteiger partial charge in [0.15, 0.2) is 0 Å². The molecule has 1 fully saturated rings. The lowest BCUT2D eigenvalue weighted by molar-refractivity contribution is 0.105. The molecule has 0 spiro atoms. The normalized spacial score (nSPS) is 25.3. The largest absolute Gasteiger partial charge is 0.378 e. The smallest absolute Gasteiger partial charge is 0.0639 e. The van der Waals surface area contributed by atoms with Crippen molar-refractivity contribution in [3.8, 4) is 0 Å². The summed E-state index contributed by atoms with van der Waals surface area (Å²) in [5.41, 5.74) is 4.14. The minimum absolute atomic E-state index is 0.0821. The Kier molecular flexibility index (Phi) is 4.69. The molecule has 0 aliphatic carbocycles. The molecule has 0 bridgehead atoms. The highest BCUT2D eigenvalue weighted by Crippen LogP contribution is 2.38. The van der Waals surface area contributed by atoms with Crippen LogP contribution in [-0.2, 0) is 17.6 Å². The van der Waals surface area contributed by atoms with Crippen LogP contribution in [0.5, 0.6) is 0 Å². The first-order chi connectivity index (χ1) is 8.67. The Bertz CT molecular complexity index is 402. The van der Waals surface area contributed by atoms with Gasteiger partial charge in [0.05, 0.1) is 11.5 Å². The van der Waals surface area contributed by atoms with E-state index >= 15 is 0 Å². The molecule has 0 aromatic heterocycles. The van der Waals surface area contributed by atoms with Gasteiger partial charge in [0.1, 0.15) is 0 Å². The molecule has 0 amide bonds. The monoisotopic (exact) mass is 266 g/mol. The Morgan fingerprint density at radius 3 is 2.56 bits per heavy atom. The van der Waals surface area contributed by atoms with Crippen LogP contribution in [0.15, 0.2) is 18.2 Å². The maximum absolute atomic E-state index is 6.65. The van der Waals surface area contributed by atoms with Crippen molar-refractivity contribution in [1.29, 1.82) is 0 Å². The van der Waals surface area contributed by atoms with Crippen molar-refractivity contribution in [1.82, 2.24) is 0 Å². The van der Waals surface area contributed by atoms with Crippen molar-refractivity contribution < 1.29 is 4.74 Å². The fourth-order valence-corrected chi connectivity index (χ4v) is 3.34. The van der Waals surface area contributed by atoms with Gasteiger partial charge in [-0.3, -0.25) is 0 Å². The summed E-state index contributed by atoms with van der Waals surface area (Å²) in [5.74, 6) is 0.448. The van der Waals surface area contributed by atoms with Crippen LogP contribution < -0.4 is 0 Å². The fourth-order valence-electron chi connectivity index (χ4n) is 2.87. The van der Waals surface area contributed by atoms with Crippen LogP contribution in [0.4, 0.5) is 0 Å².